The molecular formula is C14H18N2O2S. The molecule has 5 heteroatoms. The van der Waals surface area contributed by atoms with Gasteiger partial charge in [-0.1, -0.05) is 6.92 Å². The molecule has 2 rings (SSSR count). The van der Waals surface area contributed by atoms with Gasteiger partial charge in [-0.05, 0) is 49.4 Å². The predicted molar refractivity (Wildman–Crippen MR) is 73.1 cm³/mol. The lowest BCUT2D eigenvalue weighted by molar-refractivity contribution is 0.281. The monoisotopic (exact) mass is 278 g/mol. The van der Waals surface area contributed by atoms with Crippen LogP contribution in [0.3, 0.4) is 0 Å². The fourth-order valence-corrected chi connectivity index (χ4v) is 4.12. The van der Waals surface area contributed by atoms with E-state index >= 15 is 0 Å². The minimum atomic E-state index is -3.42. The number of aryl methyl sites for hydroxylation is 1. The van der Waals surface area contributed by atoms with E-state index in [0.717, 1.165) is 12.8 Å². The number of hydrogen-bond acceptors (Lipinski definition) is 3. The molecule has 0 aromatic heterocycles. The van der Waals surface area contributed by atoms with Crippen molar-refractivity contribution < 1.29 is 8.42 Å². The van der Waals surface area contributed by atoms with Crippen molar-refractivity contribution in [3.8, 4) is 6.07 Å². The largest absolute Gasteiger partial charge is 0.243 e. The highest BCUT2D eigenvalue weighted by atomic mass is 32.2. The molecule has 0 saturated carbocycles. The minimum Gasteiger partial charge on any atom is -0.207 e. The van der Waals surface area contributed by atoms with E-state index in [-0.39, 0.29) is 4.90 Å². The first-order chi connectivity index (χ1) is 8.95. The molecule has 102 valence electrons. The lowest BCUT2D eigenvalue weighted by Crippen LogP contribution is -2.39. The van der Waals surface area contributed by atoms with Gasteiger partial charge in [0.2, 0.25) is 10.0 Å². The van der Waals surface area contributed by atoms with Crippen LogP contribution in [0.4, 0.5) is 0 Å². The quantitative estimate of drug-likeness (QED) is 0.834. The van der Waals surface area contributed by atoms with Crippen LogP contribution in [0.1, 0.15) is 30.9 Å². The van der Waals surface area contributed by atoms with Crippen molar-refractivity contribution in [2.24, 2.45) is 5.92 Å². The molecule has 1 fully saturated rings. The van der Waals surface area contributed by atoms with E-state index in [9.17, 15) is 8.42 Å². The fraction of sp³-hybridized carbons (Fsp3) is 0.500. The molecule has 1 aliphatic rings. The SMILES string of the molecule is Cc1cc(S(=O)(=O)N2CCCC(C)C2)ccc1C#N. The number of piperidine rings is 1. The van der Waals surface area contributed by atoms with Crippen LogP contribution in [0.2, 0.25) is 0 Å². The molecule has 0 spiro atoms. The second-order valence-electron chi connectivity index (χ2n) is 5.20. The first-order valence-corrected chi connectivity index (χ1v) is 7.90. The van der Waals surface area contributed by atoms with Crippen molar-refractivity contribution in [3.63, 3.8) is 0 Å². The highest BCUT2D eigenvalue weighted by molar-refractivity contribution is 7.89. The normalized spacial score (nSPS) is 21.0. The molecular weight excluding hydrogens is 260 g/mol. The summed E-state index contributed by atoms with van der Waals surface area (Å²) in [5.41, 5.74) is 1.22. The van der Waals surface area contributed by atoms with E-state index in [0.29, 0.717) is 30.1 Å². The Bertz CT molecular complexity index is 617. The van der Waals surface area contributed by atoms with Crippen LogP contribution >= 0.6 is 0 Å². The third kappa shape index (κ3) is 2.80. The van der Waals surface area contributed by atoms with Gasteiger partial charge in [-0.15, -0.1) is 0 Å². The molecule has 0 radical (unpaired) electrons. The lowest BCUT2D eigenvalue weighted by Gasteiger charge is -2.30. The molecule has 1 unspecified atom stereocenters. The Hall–Kier alpha value is -1.38. The van der Waals surface area contributed by atoms with E-state index in [1.54, 1.807) is 23.4 Å². The molecule has 0 N–H and O–H groups in total. The average molecular weight is 278 g/mol. The van der Waals surface area contributed by atoms with Crippen molar-refractivity contribution in [1.29, 1.82) is 5.26 Å². The van der Waals surface area contributed by atoms with Crippen molar-refractivity contribution >= 4 is 10.0 Å². The van der Waals surface area contributed by atoms with Gasteiger partial charge in [0.25, 0.3) is 0 Å². The maximum Gasteiger partial charge on any atom is 0.243 e. The predicted octanol–water partition coefficient (Wildman–Crippen LogP) is 2.29. The van der Waals surface area contributed by atoms with Crippen molar-refractivity contribution in [1.82, 2.24) is 4.31 Å². The number of nitriles is 1. The summed E-state index contributed by atoms with van der Waals surface area (Å²) in [4.78, 5) is 0.290. The van der Waals surface area contributed by atoms with E-state index in [2.05, 4.69) is 13.0 Å². The highest BCUT2D eigenvalue weighted by Gasteiger charge is 2.28. The molecule has 1 aromatic carbocycles. The van der Waals surface area contributed by atoms with E-state index < -0.39 is 10.0 Å². The maximum absolute atomic E-state index is 12.5. The van der Waals surface area contributed by atoms with E-state index in [1.165, 1.54) is 6.07 Å². The highest BCUT2D eigenvalue weighted by Crippen LogP contribution is 2.24. The molecule has 1 heterocycles. The first kappa shape index (κ1) is 14.0. The van der Waals surface area contributed by atoms with Crippen LogP contribution in [0.5, 0.6) is 0 Å². The topological polar surface area (TPSA) is 61.2 Å². The standard InChI is InChI=1S/C14H18N2O2S/c1-11-4-3-7-16(10-11)19(17,18)14-6-5-13(9-15)12(2)8-14/h5-6,8,11H,3-4,7,10H2,1-2H3. The third-order valence-corrected chi connectivity index (χ3v) is 5.44. The second kappa shape index (κ2) is 5.32. The van der Waals surface area contributed by atoms with Gasteiger partial charge < -0.3 is 0 Å². The minimum absolute atomic E-state index is 0.290. The number of benzene rings is 1. The summed E-state index contributed by atoms with van der Waals surface area (Å²) in [6.45, 7) is 5.01. The summed E-state index contributed by atoms with van der Waals surface area (Å²) >= 11 is 0. The molecule has 1 aromatic rings. The van der Waals surface area contributed by atoms with Gasteiger partial charge in [-0.3, -0.25) is 0 Å². The van der Waals surface area contributed by atoms with Gasteiger partial charge in [-0.25, -0.2) is 8.42 Å². The maximum atomic E-state index is 12.5. The lowest BCUT2D eigenvalue weighted by atomic mass is 10.0. The summed E-state index contributed by atoms with van der Waals surface area (Å²) < 4.78 is 26.6. The summed E-state index contributed by atoms with van der Waals surface area (Å²) in [6.07, 6.45) is 1.99. The Morgan fingerprint density at radius 1 is 1.42 bits per heavy atom. The molecule has 0 aliphatic carbocycles. The Morgan fingerprint density at radius 2 is 2.16 bits per heavy atom. The van der Waals surface area contributed by atoms with Gasteiger partial charge >= 0.3 is 0 Å². The summed E-state index contributed by atoms with van der Waals surface area (Å²) in [5.74, 6) is 0.406. The van der Waals surface area contributed by atoms with Gasteiger partial charge in [-0.2, -0.15) is 9.57 Å². The first-order valence-electron chi connectivity index (χ1n) is 6.46. The molecule has 1 aliphatic heterocycles. The number of sulfonamides is 1. The Labute approximate surface area is 114 Å². The van der Waals surface area contributed by atoms with Crippen LogP contribution in [-0.4, -0.2) is 25.8 Å². The molecule has 1 atom stereocenters. The Kier molecular flexibility index (Phi) is 3.93. The van der Waals surface area contributed by atoms with E-state index in [4.69, 9.17) is 5.26 Å². The second-order valence-corrected chi connectivity index (χ2v) is 7.14. The Morgan fingerprint density at radius 3 is 2.74 bits per heavy atom. The van der Waals surface area contributed by atoms with Crippen LogP contribution in [0.25, 0.3) is 0 Å². The number of rotatable bonds is 2. The Balaban J connectivity index is 2.34. The zero-order valence-electron chi connectivity index (χ0n) is 11.3. The molecule has 1 saturated heterocycles. The van der Waals surface area contributed by atoms with Gasteiger partial charge in [0.1, 0.15) is 0 Å². The van der Waals surface area contributed by atoms with Crippen LogP contribution in [-0.2, 0) is 10.0 Å². The van der Waals surface area contributed by atoms with Crippen LogP contribution in [0.15, 0.2) is 23.1 Å². The zero-order chi connectivity index (χ0) is 14.0. The van der Waals surface area contributed by atoms with Gasteiger partial charge in [0.05, 0.1) is 16.5 Å². The van der Waals surface area contributed by atoms with Crippen molar-refractivity contribution in [3.05, 3.63) is 29.3 Å². The van der Waals surface area contributed by atoms with Gasteiger partial charge in [0, 0.05) is 13.1 Å². The smallest absolute Gasteiger partial charge is 0.207 e. The fourth-order valence-electron chi connectivity index (χ4n) is 2.44. The summed E-state index contributed by atoms with van der Waals surface area (Å²) in [6, 6.07) is 6.75. The average Bonchev–Trinajstić information content (AvgIpc) is 2.38. The number of hydrogen-bond donors (Lipinski definition) is 0. The molecule has 0 amide bonds. The van der Waals surface area contributed by atoms with Crippen LogP contribution < -0.4 is 0 Å². The number of nitrogens with zero attached hydrogens (tertiary/aromatic N) is 2. The summed E-state index contributed by atoms with van der Waals surface area (Å²) in [5, 5.41) is 8.89. The molecule has 4 nitrogen and oxygen atoms in total. The third-order valence-electron chi connectivity index (χ3n) is 3.58. The molecule has 0 bridgehead atoms. The van der Waals surface area contributed by atoms with Crippen LogP contribution in [0, 0.1) is 24.2 Å². The summed E-state index contributed by atoms with van der Waals surface area (Å²) in [7, 11) is -3.42. The van der Waals surface area contributed by atoms with Crippen molar-refractivity contribution in [2.75, 3.05) is 13.1 Å². The zero-order valence-corrected chi connectivity index (χ0v) is 12.1. The van der Waals surface area contributed by atoms with Gasteiger partial charge in [0.15, 0.2) is 0 Å². The molecule has 19 heavy (non-hydrogen) atoms. The van der Waals surface area contributed by atoms with E-state index in [1.807, 2.05) is 0 Å². The van der Waals surface area contributed by atoms with Crippen molar-refractivity contribution in [2.45, 2.75) is 31.6 Å².